The lowest BCUT2D eigenvalue weighted by Gasteiger charge is -2.19. The Morgan fingerprint density at radius 1 is 1.03 bits per heavy atom. The van der Waals surface area contributed by atoms with Crippen LogP contribution in [0.15, 0.2) is 79.3 Å². The van der Waals surface area contributed by atoms with E-state index in [0.29, 0.717) is 17.5 Å². The Balaban J connectivity index is 1.61. The van der Waals surface area contributed by atoms with Gasteiger partial charge in [-0.15, -0.1) is 0 Å². The number of carboxylic acid groups (broad SMARTS) is 1. The molecule has 5 nitrogen and oxygen atoms in total. The second-order valence-electron chi connectivity index (χ2n) is 7.74. The van der Waals surface area contributed by atoms with Crippen molar-refractivity contribution in [2.24, 2.45) is 7.05 Å². The lowest BCUT2D eigenvalue weighted by Crippen LogP contribution is -2.11. The van der Waals surface area contributed by atoms with Gasteiger partial charge >= 0.3 is 5.97 Å². The summed E-state index contributed by atoms with van der Waals surface area (Å²) in [7, 11) is 1.89. The molecule has 0 amide bonds. The third kappa shape index (κ3) is 5.32. The molecule has 1 aromatic heterocycles. The van der Waals surface area contributed by atoms with Crippen molar-refractivity contribution in [2.45, 2.75) is 19.1 Å². The van der Waals surface area contributed by atoms with Gasteiger partial charge in [0.15, 0.2) is 0 Å². The van der Waals surface area contributed by atoms with Crippen LogP contribution in [0.5, 0.6) is 0 Å². The number of hydrogen-bond donors (Lipinski definition) is 1. The van der Waals surface area contributed by atoms with Crippen LogP contribution in [0.1, 0.15) is 33.3 Å². The van der Waals surface area contributed by atoms with E-state index < -0.39 is 11.8 Å². The Kier molecular flexibility index (Phi) is 6.60. The van der Waals surface area contributed by atoms with Gasteiger partial charge in [-0.3, -0.25) is 0 Å². The number of hydrogen-bond acceptors (Lipinski definition) is 3. The number of nitrogens with zero attached hydrogens (tertiary/aromatic N) is 2. The van der Waals surface area contributed by atoms with Crippen molar-refractivity contribution in [3.05, 3.63) is 113 Å². The standard InChI is InChI=1S/C26H22F2N2O3/c1-30-16-29-14-22(30)13-25(19-5-9-21(28)10-6-19)33-15-17-2-11-23(26(31)32)24(12-17)18-3-7-20(27)8-4-18/h2-12,14,16,25H,13,15H2,1H3,(H,31,32). The molecule has 0 aliphatic heterocycles. The third-order valence-electron chi connectivity index (χ3n) is 5.47. The minimum atomic E-state index is -1.07. The van der Waals surface area contributed by atoms with Crippen LogP contribution in [0, 0.1) is 11.6 Å². The van der Waals surface area contributed by atoms with Gasteiger partial charge in [-0.1, -0.05) is 30.3 Å². The Hall–Kier alpha value is -3.84. The molecule has 1 N–H and O–H groups in total. The first kappa shape index (κ1) is 22.4. The first-order valence-electron chi connectivity index (χ1n) is 10.3. The Bertz CT molecular complexity index is 1250. The normalized spacial score (nSPS) is 12.0. The molecule has 0 fully saturated rings. The summed E-state index contributed by atoms with van der Waals surface area (Å²) >= 11 is 0. The molecule has 7 heteroatoms. The Morgan fingerprint density at radius 3 is 2.30 bits per heavy atom. The Labute approximate surface area is 189 Å². The molecule has 168 valence electrons. The minimum absolute atomic E-state index is 0.121. The van der Waals surface area contributed by atoms with Crippen LogP contribution in [-0.4, -0.2) is 20.6 Å². The molecule has 1 heterocycles. The average Bonchev–Trinajstić information content (AvgIpc) is 3.21. The van der Waals surface area contributed by atoms with E-state index in [2.05, 4.69) is 4.98 Å². The zero-order chi connectivity index (χ0) is 23.4. The maximum absolute atomic E-state index is 13.4. The lowest BCUT2D eigenvalue weighted by molar-refractivity contribution is 0.0388. The second kappa shape index (κ2) is 9.75. The molecule has 0 bridgehead atoms. The number of aromatic carboxylic acids is 1. The van der Waals surface area contributed by atoms with Gasteiger partial charge in [0.1, 0.15) is 11.6 Å². The van der Waals surface area contributed by atoms with E-state index in [0.717, 1.165) is 16.8 Å². The van der Waals surface area contributed by atoms with E-state index >= 15 is 0 Å². The van der Waals surface area contributed by atoms with E-state index in [-0.39, 0.29) is 24.1 Å². The van der Waals surface area contributed by atoms with Gasteiger partial charge in [0.25, 0.3) is 0 Å². The topological polar surface area (TPSA) is 64.4 Å². The zero-order valence-electron chi connectivity index (χ0n) is 17.9. The summed E-state index contributed by atoms with van der Waals surface area (Å²) < 4.78 is 34.9. The predicted octanol–water partition coefficient (Wildman–Crippen LogP) is 5.56. The van der Waals surface area contributed by atoms with Crippen molar-refractivity contribution in [1.82, 2.24) is 9.55 Å². The van der Waals surface area contributed by atoms with Crippen LogP contribution in [0.3, 0.4) is 0 Å². The molecule has 0 spiro atoms. The maximum atomic E-state index is 13.4. The van der Waals surface area contributed by atoms with Crippen molar-refractivity contribution in [2.75, 3.05) is 0 Å². The monoisotopic (exact) mass is 448 g/mol. The molecule has 0 aliphatic carbocycles. The number of ether oxygens (including phenoxy) is 1. The molecule has 3 aromatic carbocycles. The van der Waals surface area contributed by atoms with E-state index in [1.165, 1.54) is 30.3 Å². The summed E-state index contributed by atoms with van der Waals surface area (Å²) in [5, 5.41) is 9.59. The molecule has 0 aliphatic rings. The fourth-order valence-corrected chi connectivity index (χ4v) is 3.65. The van der Waals surface area contributed by atoms with Crippen LogP contribution < -0.4 is 0 Å². The first-order chi connectivity index (χ1) is 15.9. The fraction of sp³-hybridized carbons (Fsp3) is 0.154. The van der Waals surface area contributed by atoms with Gasteiger partial charge in [0, 0.05) is 25.4 Å². The third-order valence-corrected chi connectivity index (χ3v) is 5.47. The largest absolute Gasteiger partial charge is 0.478 e. The van der Waals surface area contributed by atoms with E-state index in [9.17, 15) is 18.7 Å². The quantitative estimate of drug-likeness (QED) is 0.383. The smallest absolute Gasteiger partial charge is 0.336 e. The highest BCUT2D eigenvalue weighted by molar-refractivity contribution is 5.96. The summed E-state index contributed by atoms with van der Waals surface area (Å²) in [5.41, 5.74) is 3.73. The molecule has 0 radical (unpaired) electrons. The fourth-order valence-electron chi connectivity index (χ4n) is 3.65. The minimum Gasteiger partial charge on any atom is -0.478 e. The van der Waals surface area contributed by atoms with E-state index in [1.54, 1.807) is 48.9 Å². The second-order valence-corrected chi connectivity index (χ2v) is 7.74. The molecular formula is C26H22F2N2O3. The van der Waals surface area contributed by atoms with Crippen molar-refractivity contribution in [1.29, 1.82) is 0 Å². The average molecular weight is 448 g/mol. The number of rotatable bonds is 8. The predicted molar refractivity (Wildman–Crippen MR) is 120 cm³/mol. The maximum Gasteiger partial charge on any atom is 0.336 e. The van der Waals surface area contributed by atoms with Crippen LogP contribution in [0.2, 0.25) is 0 Å². The molecular weight excluding hydrogens is 426 g/mol. The van der Waals surface area contributed by atoms with Crippen molar-refractivity contribution in [3.8, 4) is 11.1 Å². The number of aromatic nitrogens is 2. The van der Waals surface area contributed by atoms with Crippen molar-refractivity contribution in [3.63, 3.8) is 0 Å². The highest BCUT2D eigenvalue weighted by Gasteiger charge is 2.17. The molecule has 1 unspecified atom stereocenters. The highest BCUT2D eigenvalue weighted by atomic mass is 19.1. The van der Waals surface area contributed by atoms with Gasteiger partial charge in [-0.25, -0.2) is 18.6 Å². The van der Waals surface area contributed by atoms with Crippen LogP contribution in [0.4, 0.5) is 8.78 Å². The summed E-state index contributed by atoms with van der Waals surface area (Å²) in [4.78, 5) is 15.9. The van der Waals surface area contributed by atoms with Crippen molar-refractivity contribution < 1.29 is 23.4 Å². The molecule has 4 aromatic rings. The number of carbonyl (C=O) groups is 1. The molecule has 4 rings (SSSR count). The van der Waals surface area contributed by atoms with Crippen LogP contribution in [-0.2, 0) is 24.8 Å². The molecule has 1 atom stereocenters. The van der Waals surface area contributed by atoms with Gasteiger partial charge in [-0.05, 0) is 58.7 Å². The number of aryl methyl sites for hydroxylation is 1. The van der Waals surface area contributed by atoms with Crippen molar-refractivity contribution >= 4 is 5.97 Å². The lowest BCUT2D eigenvalue weighted by atomic mass is 9.97. The van der Waals surface area contributed by atoms with Crippen LogP contribution in [0.25, 0.3) is 11.1 Å². The number of imidazole rings is 1. The SMILES string of the molecule is Cn1cncc1CC(OCc1ccc(C(=O)O)c(-c2ccc(F)cc2)c1)c1ccc(F)cc1. The summed E-state index contributed by atoms with van der Waals surface area (Å²) in [6.45, 7) is 0.202. The highest BCUT2D eigenvalue weighted by Crippen LogP contribution is 2.28. The Morgan fingerprint density at radius 2 is 1.70 bits per heavy atom. The van der Waals surface area contributed by atoms with E-state index in [4.69, 9.17) is 4.74 Å². The van der Waals surface area contributed by atoms with Gasteiger partial charge in [0.2, 0.25) is 0 Å². The molecule has 33 heavy (non-hydrogen) atoms. The van der Waals surface area contributed by atoms with Gasteiger partial charge in [-0.2, -0.15) is 0 Å². The molecule has 0 saturated heterocycles. The van der Waals surface area contributed by atoms with Gasteiger partial charge in [0.05, 0.1) is 24.6 Å². The van der Waals surface area contributed by atoms with Crippen LogP contribution >= 0.6 is 0 Å². The zero-order valence-corrected chi connectivity index (χ0v) is 17.9. The van der Waals surface area contributed by atoms with E-state index in [1.807, 2.05) is 11.6 Å². The first-order valence-corrected chi connectivity index (χ1v) is 10.3. The number of halogens is 2. The summed E-state index contributed by atoms with van der Waals surface area (Å²) in [6, 6.07) is 16.8. The molecule has 0 saturated carbocycles. The summed E-state index contributed by atoms with van der Waals surface area (Å²) in [5.74, 6) is -1.79. The van der Waals surface area contributed by atoms with Gasteiger partial charge < -0.3 is 14.4 Å². The number of carboxylic acids is 1. The summed E-state index contributed by atoms with van der Waals surface area (Å²) in [6.07, 6.45) is 3.62. The number of benzene rings is 3.